The van der Waals surface area contributed by atoms with Gasteiger partial charge in [0.2, 0.25) is 0 Å². The molecule has 0 aliphatic rings. The van der Waals surface area contributed by atoms with Crippen molar-refractivity contribution in [1.29, 1.82) is 0 Å². The quantitative estimate of drug-likeness (QED) is 0.754. The Balaban J connectivity index is 2.73. The molecular formula is C12H18O. The van der Waals surface area contributed by atoms with Crippen LogP contribution in [0.15, 0.2) is 30.3 Å². The molecule has 13 heavy (non-hydrogen) atoms. The fourth-order valence-electron chi connectivity index (χ4n) is 1.48. The summed E-state index contributed by atoms with van der Waals surface area (Å²) < 4.78 is 0. The van der Waals surface area contributed by atoms with Gasteiger partial charge in [-0.1, -0.05) is 44.2 Å². The number of aliphatic hydroxyl groups is 1. The van der Waals surface area contributed by atoms with E-state index in [0.29, 0.717) is 11.8 Å². The largest absolute Gasteiger partial charge is 0.393 e. The van der Waals surface area contributed by atoms with E-state index in [9.17, 15) is 5.11 Å². The highest BCUT2D eigenvalue weighted by molar-refractivity contribution is 5.19. The second kappa shape index (κ2) is 4.43. The van der Waals surface area contributed by atoms with E-state index in [-0.39, 0.29) is 6.10 Å². The van der Waals surface area contributed by atoms with Crippen molar-refractivity contribution in [1.82, 2.24) is 0 Å². The van der Waals surface area contributed by atoms with Crippen LogP contribution in [0.3, 0.4) is 0 Å². The van der Waals surface area contributed by atoms with Gasteiger partial charge in [-0.25, -0.2) is 0 Å². The lowest BCUT2D eigenvalue weighted by Crippen LogP contribution is -2.19. The molecule has 1 aromatic carbocycles. The van der Waals surface area contributed by atoms with Crippen molar-refractivity contribution in [2.45, 2.75) is 32.8 Å². The fourth-order valence-corrected chi connectivity index (χ4v) is 1.48. The Kier molecular flexibility index (Phi) is 3.49. The van der Waals surface area contributed by atoms with Crippen LogP contribution in [-0.4, -0.2) is 11.2 Å². The summed E-state index contributed by atoms with van der Waals surface area (Å²) in [5.41, 5.74) is 1.30. The van der Waals surface area contributed by atoms with Gasteiger partial charge in [-0.3, -0.25) is 0 Å². The van der Waals surface area contributed by atoms with Crippen molar-refractivity contribution < 1.29 is 5.11 Å². The lowest BCUT2D eigenvalue weighted by Gasteiger charge is -2.22. The van der Waals surface area contributed by atoms with E-state index in [1.165, 1.54) is 5.56 Å². The number of hydrogen-bond acceptors (Lipinski definition) is 1. The monoisotopic (exact) mass is 178 g/mol. The minimum Gasteiger partial charge on any atom is -0.393 e. The maximum atomic E-state index is 9.45. The van der Waals surface area contributed by atoms with E-state index >= 15 is 0 Å². The first-order valence-corrected chi connectivity index (χ1v) is 4.86. The summed E-state index contributed by atoms with van der Waals surface area (Å²) in [4.78, 5) is 0. The van der Waals surface area contributed by atoms with Crippen molar-refractivity contribution in [3.05, 3.63) is 35.9 Å². The molecule has 0 aliphatic carbocycles. The van der Waals surface area contributed by atoms with Crippen LogP contribution >= 0.6 is 0 Å². The molecule has 1 nitrogen and oxygen atoms in total. The van der Waals surface area contributed by atoms with Gasteiger partial charge in [0.05, 0.1) is 6.10 Å². The first-order chi connectivity index (χ1) is 6.13. The number of benzene rings is 1. The molecule has 1 heteroatoms. The molecule has 0 bridgehead atoms. The van der Waals surface area contributed by atoms with Crippen LogP contribution in [0.2, 0.25) is 0 Å². The van der Waals surface area contributed by atoms with E-state index in [2.05, 4.69) is 26.0 Å². The average molecular weight is 178 g/mol. The molecule has 1 unspecified atom stereocenters. The molecule has 3 atom stereocenters. The molecule has 72 valence electrons. The van der Waals surface area contributed by atoms with Crippen LogP contribution in [0.5, 0.6) is 0 Å². The molecule has 0 fully saturated rings. The zero-order chi connectivity index (χ0) is 9.84. The zero-order valence-electron chi connectivity index (χ0n) is 8.57. The van der Waals surface area contributed by atoms with Gasteiger partial charge in [0.15, 0.2) is 0 Å². The maximum absolute atomic E-state index is 9.45. The minimum atomic E-state index is -0.241. The van der Waals surface area contributed by atoms with E-state index < -0.39 is 0 Å². The lowest BCUT2D eigenvalue weighted by molar-refractivity contribution is 0.122. The molecule has 0 aliphatic heterocycles. The van der Waals surface area contributed by atoms with Crippen molar-refractivity contribution in [3.8, 4) is 0 Å². The van der Waals surface area contributed by atoms with E-state index in [4.69, 9.17) is 0 Å². The Bertz CT molecular complexity index is 241. The van der Waals surface area contributed by atoms with Gasteiger partial charge in [0.1, 0.15) is 0 Å². The Morgan fingerprint density at radius 1 is 1.00 bits per heavy atom. The third-order valence-electron chi connectivity index (χ3n) is 2.87. The Morgan fingerprint density at radius 3 is 2.00 bits per heavy atom. The molecule has 0 heterocycles. The van der Waals surface area contributed by atoms with E-state index in [1.807, 2.05) is 25.1 Å². The fraction of sp³-hybridized carbons (Fsp3) is 0.500. The molecule has 0 radical (unpaired) electrons. The molecule has 1 rings (SSSR count). The van der Waals surface area contributed by atoms with Crippen molar-refractivity contribution >= 4 is 0 Å². The van der Waals surface area contributed by atoms with Gasteiger partial charge in [-0.2, -0.15) is 0 Å². The standard InChI is InChI=1S/C12H18O/c1-9(11(3)13)10(2)12-7-5-4-6-8-12/h4-11,13H,1-3H3/t9-,10?,11+/m0/s1. The van der Waals surface area contributed by atoms with Crippen LogP contribution in [0, 0.1) is 5.92 Å². The van der Waals surface area contributed by atoms with Crippen molar-refractivity contribution in [2.24, 2.45) is 5.92 Å². The highest BCUT2D eigenvalue weighted by atomic mass is 16.3. The number of aliphatic hydroxyl groups excluding tert-OH is 1. The van der Waals surface area contributed by atoms with Gasteiger partial charge in [-0.05, 0) is 24.3 Å². The van der Waals surface area contributed by atoms with Gasteiger partial charge in [0, 0.05) is 0 Å². The lowest BCUT2D eigenvalue weighted by atomic mass is 9.86. The highest BCUT2D eigenvalue weighted by Gasteiger charge is 2.17. The number of hydrogen-bond donors (Lipinski definition) is 1. The molecule has 0 saturated heterocycles. The summed E-state index contributed by atoms with van der Waals surface area (Å²) in [6, 6.07) is 10.3. The predicted molar refractivity (Wildman–Crippen MR) is 55.7 cm³/mol. The van der Waals surface area contributed by atoms with E-state index in [0.717, 1.165) is 0 Å². The minimum absolute atomic E-state index is 0.241. The van der Waals surface area contributed by atoms with E-state index in [1.54, 1.807) is 0 Å². The summed E-state index contributed by atoms with van der Waals surface area (Å²) in [6.45, 7) is 6.10. The summed E-state index contributed by atoms with van der Waals surface area (Å²) in [5.74, 6) is 0.726. The molecule has 1 aromatic rings. The second-order valence-corrected chi connectivity index (χ2v) is 3.80. The Labute approximate surface area is 80.4 Å². The normalized spacial score (nSPS) is 17.8. The third-order valence-corrected chi connectivity index (χ3v) is 2.87. The summed E-state index contributed by atoms with van der Waals surface area (Å²) in [7, 11) is 0. The van der Waals surface area contributed by atoms with Crippen LogP contribution in [0.1, 0.15) is 32.3 Å². The van der Waals surface area contributed by atoms with Crippen molar-refractivity contribution in [2.75, 3.05) is 0 Å². The SMILES string of the molecule is CC(c1ccccc1)[C@H](C)[C@@H](C)O. The van der Waals surface area contributed by atoms with Crippen molar-refractivity contribution in [3.63, 3.8) is 0 Å². The molecule has 0 spiro atoms. The molecule has 0 amide bonds. The first kappa shape index (κ1) is 10.3. The van der Waals surface area contributed by atoms with Crippen LogP contribution in [-0.2, 0) is 0 Å². The van der Waals surface area contributed by atoms with Gasteiger partial charge >= 0.3 is 0 Å². The summed E-state index contributed by atoms with van der Waals surface area (Å²) in [6.07, 6.45) is -0.241. The third kappa shape index (κ3) is 2.56. The first-order valence-electron chi connectivity index (χ1n) is 4.86. The summed E-state index contributed by atoms with van der Waals surface area (Å²) in [5, 5.41) is 9.45. The van der Waals surface area contributed by atoms with Crippen LogP contribution in [0.4, 0.5) is 0 Å². The molecule has 1 N–H and O–H groups in total. The average Bonchev–Trinajstić information content (AvgIpc) is 2.17. The number of rotatable bonds is 3. The Hall–Kier alpha value is -0.820. The maximum Gasteiger partial charge on any atom is 0.0543 e. The smallest absolute Gasteiger partial charge is 0.0543 e. The van der Waals surface area contributed by atoms with Gasteiger partial charge in [-0.15, -0.1) is 0 Å². The molecular weight excluding hydrogens is 160 g/mol. The van der Waals surface area contributed by atoms with Gasteiger partial charge < -0.3 is 5.11 Å². The highest BCUT2D eigenvalue weighted by Crippen LogP contribution is 2.25. The second-order valence-electron chi connectivity index (χ2n) is 3.80. The van der Waals surface area contributed by atoms with Crippen LogP contribution < -0.4 is 0 Å². The zero-order valence-corrected chi connectivity index (χ0v) is 8.57. The Morgan fingerprint density at radius 2 is 1.54 bits per heavy atom. The summed E-state index contributed by atoms with van der Waals surface area (Å²) >= 11 is 0. The van der Waals surface area contributed by atoms with Gasteiger partial charge in [0.25, 0.3) is 0 Å². The molecule has 0 saturated carbocycles. The van der Waals surface area contributed by atoms with Crippen LogP contribution in [0.25, 0.3) is 0 Å². The topological polar surface area (TPSA) is 20.2 Å². The predicted octanol–water partition coefficient (Wildman–Crippen LogP) is 2.81. The molecule has 0 aromatic heterocycles.